The molecule has 1 aliphatic rings. The highest BCUT2D eigenvalue weighted by Gasteiger charge is 2.31. The van der Waals surface area contributed by atoms with Crippen LogP contribution in [-0.4, -0.2) is 46.2 Å². The van der Waals surface area contributed by atoms with Crippen molar-refractivity contribution in [3.8, 4) is 16.9 Å². The number of carbonyl (C=O) groups excluding carboxylic acids is 1. The summed E-state index contributed by atoms with van der Waals surface area (Å²) in [6.07, 6.45) is -2.92. The number of alkyl halides is 3. The molecule has 0 fully saturated rings. The summed E-state index contributed by atoms with van der Waals surface area (Å²) in [5.41, 5.74) is 2.60. The number of ether oxygens (including phenoxy) is 1. The van der Waals surface area contributed by atoms with E-state index in [1.165, 1.54) is 30.3 Å². The van der Waals surface area contributed by atoms with Crippen LogP contribution in [0.25, 0.3) is 11.1 Å². The molecule has 0 spiro atoms. The van der Waals surface area contributed by atoms with E-state index >= 15 is 0 Å². The van der Waals surface area contributed by atoms with Crippen molar-refractivity contribution in [1.82, 2.24) is 9.88 Å². The lowest BCUT2D eigenvalue weighted by atomic mass is 9.89. The van der Waals surface area contributed by atoms with Gasteiger partial charge in [0.25, 0.3) is 0 Å². The summed E-state index contributed by atoms with van der Waals surface area (Å²) >= 11 is 0. The number of carboxylic acid groups (broad SMARTS) is 1. The summed E-state index contributed by atoms with van der Waals surface area (Å²) in [5.74, 6) is -2.05. The molecule has 4 rings (SSSR count). The minimum atomic E-state index is -4.62. The molecule has 6 nitrogen and oxygen atoms in total. The lowest BCUT2D eigenvalue weighted by Crippen LogP contribution is -2.37. The number of aromatic nitrogens is 1. The van der Waals surface area contributed by atoms with Crippen molar-refractivity contribution >= 4 is 11.9 Å². The Labute approximate surface area is 216 Å². The van der Waals surface area contributed by atoms with Gasteiger partial charge in [-0.3, -0.25) is 14.6 Å². The molecule has 38 heavy (non-hydrogen) atoms. The lowest BCUT2D eigenvalue weighted by molar-refractivity contribution is -0.153. The second-order valence-electron chi connectivity index (χ2n) is 9.28. The molecule has 1 N–H and O–H groups in total. The van der Waals surface area contributed by atoms with E-state index in [1.807, 2.05) is 19.1 Å². The largest absolute Gasteiger partial charge is 0.483 e. The minimum Gasteiger partial charge on any atom is -0.483 e. The minimum absolute atomic E-state index is 0.0752. The molecule has 2 heterocycles. The van der Waals surface area contributed by atoms with Crippen molar-refractivity contribution in [1.29, 1.82) is 0 Å². The maximum Gasteiger partial charge on any atom is 0.422 e. The number of amides is 1. The highest BCUT2D eigenvalue weighted by molar-refractivity contribution is 5.80. The Kier molecular flexibility index (Phi) is 7.99. The fraction of sp³-hybridized carbons (Fsp3) is 0.321. The Morgan fingerprint density at radius 3 is 2.55 bits per heavy atom. The standard InChI is InChI=1S/C28H26F4N2O4/c1-17(24-4-2-3-10-33-24)12-26(35)34-11-9-20-22(15-34)19(7-8-23(20)29)21-6-5-18(14-27(36)37)13-25(21)38-16-28(30,31)32/h2-8,10,13,17H,9,11-12,14-16H2,1H3,(H,36,37). The molecule has 1 aliphatic heterocycles. The first-order valence-corrected chi connectivity index (χ1v) is 12.1. The predicted octanol–water partition coefficient (Wildman–Crippen LogP) is 5.53. The Hall–Kier alpha value is -3.95. The van der Waals surface area contributed by atoms with E-state index in [4.69, 9.17) is 9.84 Å². The third-order valence-electron chi connectivity index (χ3n) is 6.46. The number of fused-ring (bicyclic) bond motifs is 1. The first-order valence-electron chi connectivity index (χ1n) is 12.1. The van der Waals surface area contributed by atoms with Crippen LogP contribution >= 0.6 is 0 Å². The number of pyridine rings is 1. The monoisotopic (exact) mass is 530 g/mol. The van der Waals surface area contributed by atoms with Gasteiger partial charge in [-0.2, -0.15) is 13.2 Å². The summed E-state index contributed by atoms with van der Waals surface area (Å²) < 4.78 is 58.7. The van der Waals surface area contributed by atoms with Crippen LogP contribution in [-0.2, 0) is 29.0 Å². The van der Waals surface area contributed by atoms with Crippen molar-refractivity contribution in [3.05, 3.63) is 82.9 Å². The summed E-state index contributed by atoms with van der Waals surface area (Å²) in [4.78, 5) is 30.2. The Morgan fingerprint density at radius 1 is 1.11 bits per heavy atom. The van der Waals surface area contributed by atoms with Crippen molar-refractivity contribution in [3.63, 3.8) is 0 Å². The van der Waals surface area contributed by atoms with Crippen LogP contribution in [0.1, 0.15) is 41.6 Å². The van der Waals surface area contributed by atoms with Crippen LogP contribution in [0, 0.1) is 5.82 Å². The number of hydrogen-bond donors (Lipinski definition) is 1. The highest BCUT2D eigenvalue weighted by atomic mass is 19.4. The fourth-order valence-electron chi connectivity index (χ4n) is 4.61. The zero-order valence-corrected chi connectivity index (χ0v) is 20.6. The van der Waals surface area contributed by atoms with Gasteiger partial charge in [-0.15, -0.1) is 0 Å². The number of hydrogen-bond acceptors (Lipinski definition) is 4. The molecule has 1 amide bonds. The van der Waals surface area contributed by atoms with Gasteiger partial charge in [0, 0.05) is 42.9 Å². The van der Waals surface area contributed by atoms with Gasteiger partial charge in [0.1, 0.15) is 11.6 Å². The van der Waals surface area contributed by atoms with Crippen LogP contribution in [0.2, 0.25) is 0 Å². The van der Waals surface area contributed by atoms with E-state index in [1.54, 1.807) is 17.2 Å². The Bertz CT molecular complexity index is 1330. The van der Waals surface area contributed by atoms with Crippen LogP contribution < -0.4 is 4.74 Å². The number of nitrogens with zero attached hydrogens (tertiary/aromatic N) is 2. The zero-order chi connectivity index (χ0) is 27.4. The zero-order valence-electron chi connectivity index (χ0n) is 20.6. The molecule has 1 unspecified atom stereocenters. The second-order valence-corrected chi connectivity index (χ2v) is 9.28. The highest BCUT2D eigenvalue weighted by Crippen LogP contribution is 2.38. The van der Waals surface area contributed by atoms with Gasteiger partial charge in [-0.1, -0.05) is 31.2 Å². The van der Waals surface area contributed by atoms with Crippen LogP contribution in [0.5, 0.6) is 5.75 Å². The van der Waals surface area contributed by atoms with Crippen LogP contribution in [0.4, 0.5) is 17.6 Å². The average molecular weight is 531 g/mol. The van der Waals surface area contributed by atoms with Crippen LogP contribution in [0.3, 0.4) is 0 Å². The van der Waals surface area contributed by atoms with Crippen molar-refractivity contribution in [2.24, 2.45) is 0 Å². The number of aliphatic carboxylic acids is 1. The van der Waals surface area contributed by atoms with Crippen molar-refractivity contribution < 1.29 is 37.0 Å². The van der Waals surface area contributed by atoms with E-state index in [2.05, 4.69) is 4.98 Å². The third-order valence-corrected chi connectivity index (χ3v) is 6.46. The topological polar surface area (TPSA) is 79.7 Å². The molecule has 1 aromatic heterocycles. The molecule has 0 saturated carbocycles. The van der Waals surface area contributed by atoms with Crippen molar-refractivity contribution in [2.75, 3.05) is 13.2 Å². The molecule has 10 heteroatoms. The molecule has 0 bridgehead atoms. The summed E-state index contributed by atoms with van der Waals surface area (Å²) in [6.45, 7) is 0.698. The van der Waals surface area contributed by atoms with Crippen molar-refractivity contribution in [2.45, 2.75) is 44.8 Å². The fourth-order valence-corrected chi connectivity index (χ4v) is 4.61. The number of halogens is 4. The SMILES string of the molecule is CC(CC(=O)N1CCc2c(F)ccc(-c3ccc(CC(=O)O)cc3OCC(F)(F)F)c2C1)c1ccccn1. The first kappa shape index (κ1) is 27.1. The lowest BCUT2D eigenvalue weighted by Gasteiger charge is -2.32. The summed E-state index contributed by atoms with van der Waals surface area (Å²) in [5, 5.41) is 9.10. The summed E-state index contributed by atoms with van der Waals surface area (Å²) in [7, 11) is 0. The quantitative estimate of drug-likeness (QED) is 0.387. The average Bonchev–Trinajstić information content (AvgIpc) is 2.87. The number of carbonyl (C=O) groups is 2. The van der Waals surface area contributed by atoms with Gasteiger partial charge in [0.15, 0.2) is 6.61 Å². The molecule has 0 radical (unpaired) electrons. The van der Waals surface area contributed by atoms with E-state index in [0.29, 0.717) is 23.2 Å². The van der Waals surface area contributed by atoms with Gasteiger partial charge in [-0.05, 0) is 52.9 Å². The second kappa shape index (κ2) is 11.2. The molecule has 0 aliphatic carbocycles. The van der Waals surface area contributed by atoms with E-state index < -0.39 is 31.0 Å². The molecule has 2 aromatic carbocycles. The van der Waals surface area contributed by atoms with E-state index in [9.17, 15) is 27.2 Å². The smallest absolute Gasteiger partial charge is 0.422 e. The molecular formula is C28H26F4N2O4. The number of rotatable bonds is 8. The Morgan fingerprint density at radius 2 is 1.87 bits per heavy atom. The molecule has 0 saturated heterocycles. The van der Waals surface area contributed by atoms with Gasteiger partial charge >= 0.3 is 12.1 Å². The number of carboxylic acids is 1. The van der Waals surface area contributed by atoms with Gasteiger partial charge in [0.2, 0.25) is 5.91 Å². The van der Waals surface area contributed by atoms with Gasteiger partial charge < -0.3 is 14.7 Å². The molecule has 200 valence electrons. The van der Waals surface area contributed by atoms with E-state index in [0.717, 1.165) is 5.69 Å². The maximum atomic E-state index is 14.8. The normalized spacial score (nSPS) is 14.1. The molecule has 1 atom stereocenters. The van der Waals surface area contributed by atoms with Crippen LogP contribution in [0.15, 0.2) is 54.7 Å². The Balaban J connectivity index is 1.66. The summed E-state index contributed by atoms with van der Waals surface area (Å²) in [6, 6.07) is 12.4. The predicted molar refractivity (Wildman–Crippen MR) is 131 cm³/mol. The first-order chi connectivity index (χ1) is 18.0. The maximum absolute atomic E-state index is 14.8. The van der Waals surface area contributed by atoms with Gasteiger partial charge in [-0.25, -0.2) is 4.39 Å². The number of benzene rings is 2. The van der Waals surface area contributed by atoms with E-state index in [-0.39, 0.29) is 48.1 Å². The molecule has 3 aromatic rings. The third kappa shape index (κ3) is 6.48. The van der Waals surface area contributed by atoms with Gasteiger partial charge in [0.05, 0.1) is 6.42 Å². The molecular weight excluding hydrogens is 504 g/mol.